The third-order valence-corrected chi connectivity index (χ3v) is 5.91. The molecule has 0 radical (unpaired) electrons. The molecule has 1 aliphatic heterocycles. The van der Waals surface area contributed by atoms with Gasteiger partial charge in [-0.05, 0) is 62.8 Å². The number of aliphatic hydroxyl groups is 1. The van der Waals surface area contributed by atoms with Crippen molar-refractivity contribution in [3.8, 4) is 5.75 Å². The highest BCUT2D eigenvalue weighted by atomic mass is 19.1. The average molecular weight is 455 g/mol. The van der Waals surface area contributed by atoms with Crippen molar-refractivity contribution in [1.82, 2.24) is 9.80 Å². The van der Waals surface area contributed by atoms with Gasteiger partial charge < -0.3 is 19.6 Å². The Morgan fingerprint density at radius 1 is 1.09 bits per heavy atom. The zero-order valence-electron chi connectivity index (χ0n) is 19.4. The van der Waals surface area contributed by atoms with Gasteiger partial charge in [0.05, 0.1) is 18.2 Å². The summed E-state index contributed by atoms with van der Waals surface area (Å²) in [5.74, 6) is -1.54. The van der Waals surface area contributed by atoms with Gasteiger partial charge in [-0.3, -0.25) is 9.59 Å². The van der Waals surface area contributed by atoms with Crippen LogP contribution in [0.25, 0.3) is 5.76 Å². The highest BCUT2D eigenvalue weighted by Gasteiger charge is 2.45. The van der Waals surface area contributed by atoms with Gasteiger partial charge in [0.2, 0.25) is 0 Å². The summed E-state index contributed by atoms with van der Waals surface area (Å²) in [5.41, 5.74) is 0.957. The molecule has 2 aromatic carbocycles. The molecular weight excluding hydrogens is 423 g/mol. The van der Waals surface area contributed by atoms with E-state index in [9.17, 15) is 19.1 Å². The lowest BCUT2D eigenvalue weighted by Crippen LogP contribution is -2.33. The number of nitrogens with zero attached hydrogens (tertiary/aromatic N) is 2. The second kappa shape index (κ2) is 11.1. The molecule has 6 nitrogen and oxygen atoms in total. The number of likely N-dealkylation sites (tertiary alicyclic amines) is 1. The molecule has 0 spiro atoms. The maximum Gasteiger partial charge on any atom is 0.295 e. The monoisotopic (exact) mass is 454 g/mol. The van der Waals surface area contributed by atoms with Crippen LogP contribution in [0.1, 0.15) is 44.4 Å². The molecular formula is C26H31FN2O4. The highest BCUT2D eigenvalue weighted by molar-refractivity contribution is 6.46. The van der Waals surface area contributed by atoms with Gasteiger partial charge in [-0.2, -0.15) is 0 Å². The minimum Gasteiger partial charge on any atom is -0.507 e. The summed E-state index contributed by atoms with van der Waals surface area (Å²) in [6.07, 6.45) is 0.673. The topological polar surface area (TPSA) is 70.1 Å². The first-order valence-electron chi connectivity index (χ1n) is 11.4. The predicted molar refractivity (Wildman–Crippen MR) is 125 cm³/mol. The second-order valence-corrected chi connectivity index (χ2v) is 7.89. The van der Waals surface area contributed by atoms with Gasteiger partial charge in [0.25, 0.3) is 11.7 Å². The number of Topliss-reactive ketones (excluding diaryl/α,β-unsaturated/α-hetero) is 1. The Bertz CT molecular complexity index is 1020. The third-order valence-electron chi connectivity index (χ3n) is 5.91. The number of ketones is 1. The van der Waals surface area contributed by atoms with Gasteiger partial charge >= 0.3 is 0 Å². The number of aliphatic hydroxyl groups excluding tert-OH is 1. The minimum atomic E-state index is -0.793. The molecule has 2 aromatic rings. The molecule has 1 fully saturated rings. The van der Waals surface area contributed by atoms with E-state index in [-0.39, 0.29) is 11.3 Å². The minimum absolute atomic E-state index is 0.00287. The second-order valence-electron chi connectivity index (χ2n) is 7.89. The Balaban J connectivity index is 2.02. The largest absolute Gasteiger partial charge is 0.507 e. The molecule has 1 atom stereocenters. The van der Waals surface area contributed by atoms with Crippen molar-refractivity contribution in [3.63, 3.8) is 0 Å². The van der Waals surface area contributed by atoms with Crippen LogP contribution in [0.4, 0.5) is 4.39 Å². The van der Waals surface area contributed by atoms with E-state index in [4.69, 9.17) is 4.74 Å². The first-order chi connectivity index (χ1) is 15.9. The van der Waals surface area contributed by atoms with E-state index in [1.807, 2.05) is 6.92 Å². The molecule has 0 aromatic heterocycles. The molecule has 3 rings (SSSR count). The van der Waals surface area contributed by atoms with Crippen molar-refractivity contribution in [1.29, 1.82) is 0 Å². The number of rotatable bonds is 10. The molecule has 1 amide bonds. The van der Waals surface area contributed by atoms with E-state index in [0.717, 1.165) is 19.6 Å². The first kappa shape index (κ1) is 24.5. The van der Waals surface area contributed by atoms with Gasteiger partial charge in [0, 0.05) is 12.1 Å². The lowest BCUT2D eigenvalue weighted by molar-refractivity contribution is -0.140. The van der Waals surface area contributed by atoms with Crippen LogP contribution >= 0.6 is 0 Å². The molecule has 1 unspecified atom stereocenters. The van der Waals surface area contributed by atoms with Crippen LogP contribution in [-0.2, 0) is 9.59 Å². The van der Waals surface area contributed by atoms with Crippen LogP contribution in [0.3, 0.4) is 0 Å². The first-order valence-corrected chi connectivity index (χ1v) is 11.4. The van der Waals surface area contributed by atoms with Gasteiger partial charge in [0.15, 0.2) is 0 Å². The number of halogens is 1. The molecule has 33 heavy (non-hydrogen) atoms. The zero-order valence-corrected chi connectivity index (χ0v) is 19.4. The maximum absolute atomic E-state index is 13.6. The fourth-order valence-electron chi connectivity index (χ4n) is 4.16. The van der Waals surface area contributed by atoms with Crippen molar-refractivity contribution in [2.24, 2.45) is 0 Å². The maximum atomic E-state index is 13.6. The third kappa shape index (κ3) is 5.42. The van der Waals surface area contributed by atoms with E-state index in [2.05, 4.69) is 18.7 Å². The van der Waals surface area contributed by atoms with Crippen LogP contribution < -0.4 is 4.74 Å². The van der Waals surface area contributed by atoms with Gasteiger partial charge in [-0.25, -0.2) is 4.39 Å². The summed E-state index contributed by atoms with van der Waals surface area (Å²) < 4.78 is 19.1. The summed E-state index contributed by atoms with van der Waals surface area (Å²) in [5, 5.41) is 11.1. The molecule has 0 bridgehead atoms. The Kier molecular flexibility index (Phi) is 8.22. The van der Waals surface area contributed by atoms with Crippen LogP contribution in [0, 0.1) is 5.82 Å². The molecule has 1 aliphatic rings. The van der Waals surface area contributed by atoms with E-state index in [1.165, 1.54) is 17.0 Å². The van der Waals surface area contributed by atoms with Crippen molar-refractivity contribution in [2.75, 3.05) is 32.8 Å². The summed E-state index contributed by atoms with van der Waals surface area (Å²) in [6, 6.07) is 11.7. The molecule has 1 heterocycles. The average Bonchev–Trinajstić information content (AvgIpc) is 3.07. The van der Waals surface area contributed by atoms with Crippen LogP contribution in [0.2, 0.25) is 0 Å². The highest BCUT2D eigenvalue weighted by Crippen LogP contribution is 2.39. The Morgan fingerprint density at radius 2 is 1.79 bits per heavy atom. The molecule has 7 heteroatoms. The summed E-state index contributed by atoms with van der Waals surface area (Å²) in [6.45, 7) is 9.37. The quantitative estimate of drug-likeness (QED) is 0.328. The smallest absolute Gasteiger partial charge is 0.295 e. The predicted octanol–water partition coefficient (Wildman–Crippen LogP) is 4.38. The van der Waals surface area contributed by atoms with Gasteiger partial charge in [-0.15, -0.1) is 0 Å². The molecule has 1 N–H and O–H groups in total. The number of carbonyl (C=O) groups excluding carboxylic acids is 2. The van der Waals surface area contributed by atoms with E-state index < -0.39 is 23.5 Å². The molecule has 1 saturated heterocycles. The zero-order chi connectivity index (χ0) is 24.0. The Hall–Kier alpha value is -3.19. The number of carbonyl (C=O) groups is 2. The van der Waals surface area contributed by atoms with Crippen LogP contribution in [0.5, 0.6) is 5.75 Å². The fraction of sp³-hybridized carbons (Fsp3) is 0.385. The summed E-state index contributed by atoms with van der Waals surface area (Å²) in [4.78, 5) is 29.8. The number of amides is 1. The lowest BCUT2D eigenvalue weighted by Gasteiger charge is -2.26. The molecule has 0 aliphatic carbocycles. The normalized spacial score (nSPS) is 17.7. The molecule has 0 saturated carbocycles. The standard InChI is InChI=1S/C26H31FN2O4/c1-4-28(5-2)15-8-16-29-23(18-11-13-20(27)14-12-18)22(25(31)26(29)32)24(30)19-9-7-10-21(17-19)33-6-3/h7,9-14,17,23,30H,4-6,8,15-16H2,1-3H3. The van der Waals surface area contributed by atoms with E-state index in [1.54, 1.807) is 36.4 Å². The summed E-state index contributed by atoms with van der Waals surface area (Å²) in [7, 11) is 0. The Labute approximate surface area is 194 Å². The number of benzene rings is 2. The van der Waals surface area contributed by atoms with E-state index >= 15 is 0 Å². The van der Waals surface area contributed by atoms with Gasteiger partial charge in [-0.1, -0.05) is 38.1 Å². The van der Waals surface area contributed by atoms with Crippen molar-refractivity contribution < 1.29 is 23.8 Å². The van der Waals surface area contributed by atoms with Crippen molar-refractivity contribution in [3.05, 3.63) is 71.0 Å². The lowest BCUT2D eigenvalue weighted by atomic mass is 9.95. The molecule has 176 valence electrons. The number of hydrogen-bond acceptors (Lipinski definition) is 5. The van der Waals surface area contributed by atoms with Gasteiger partial charge in [0.1, 0.15) is 17.3 Å². The van der Waals surface area contributed by atoms with Crippen molar-refractivity contribution >= 4 is 17.4 Å². The van der Waals surface area contributed by atoms with Crippen LogP contribution in [0.15, 0.2) is 54.1 Å². The SMILES string of the molecule is CCOc1cccc(C(O)=C2C(=O)C(=O)N(CCCN(CC)CC)C2c2ccc(F)cc2)c1. The van der Waals surface area contributed by atoms with Crippen molar-refractivity contribution in [2.45, 2.75) is 33.2 Å². The Morgan fingerprint density at radius 3 is 2.42 bits per heavy atom. The van der Waals surface area contributed by atoms with Crippen LogP contribution in [-0.4, -0.2) is 59.4 Å². The van der Waals surface area contributed by atoms with E-state index in [0.29, 0.717) is 36.4 Å². The number of hydrogen-bond donors (Lipinski definition) is 1. The number of ether oxygens (including phenoxy) is 1. The fourth-order valence-corrected chi connectivity index (χ4v) is 4.16. The summed E-state index contributed by atoms with van der Waals surface area (Å²) >= 11 is 0.